The number of nitrogens with one attached hydrogen (secondary N) is 1. The summed E-state index contributed by atoms with van der Waals surface area (Å²) in [5.41, 5.74) is 1.52. The van der Waals surface area contributed by atoms with Gasteiger partial charge in [0.2, 0.25) is 0 Å². The summed E-state index contributed by atoms with van der Waals surface area (Å²) in [6.45, 7) is 0. The SMILES string of the molecule is O=C(O)Cc1ccc(NC(=O)c2cc(C3CC3)on2)cc1. The molecular formula is C15H14N2O4. The van der Waals surface area contributed by atoms with Crippen LogP contribution in [0.5, 0.6) is 0 Å². The first-order valence-corrected chi connectivity index (χ1v) is 6.70. The van der Waals surface area contributed by atoms with E-state index < -0.39 is 5.97 Å². The summed E-state index contributed by atoms with van der Waals surface area (Å²) < 4.78 is 5.13. The molecule has 2 aromatic rings. The largest absolute Gasteiger partial charge is 0.481 e. The van der Waals surface area contributed by atoms with Gasteiger partial charge >= 0.3 is 5.97 Å². The van der Waals surface area contributed by atoms with E-state index in [0.29, 0.717) is 17.2 Å². The third kappa shape index (κ3) is 3.28. The summed E-state index contributed by atoms with van der Waals surface area (Å²) in [5.74, 6) is -0.0510. The fourth-order valence-corrected chi connectivity index (χ4v) is 2.03. The summed E-state index contributed by atoms with van der Waals surface area (Å²) in [4.78, 5) is 22.6. The summed E-state index contributed by atoms with van der Waals surface area (Å²) in [6, 6.07) is 8.34. The van der Waals surface area contributed by atoms with E-state index in [2.05, 4.69) is 10.5 Å². The van der Waals surface area contributed by atoms with Gasteiger partial charge in [0.15, 0.2) is 5.69 Å². The number of aromatic nitrogens is 1. The first-order chi connectivity index (χ1) is 10.1. The van der Waals surface area contributed by atoms with Crippen molar-refractivity contribution < 1.29 is 19.2 Å². The van der Waals surface area contributed by atoms with Crippen molar-refractivity contribution in [3.05, 3.63) is 47.3 Å². The molecule has 2 N–H and O–H groups in total. The number of carboxylic acids is 1. The normalized spacial score (nSPS) is 13.9. The van der Waals surface area contributed by atoms with Crippen LogP contribution in [0.25, 0.3) is 0 Å². The highest BCUT2D eigenvalue weighted by Gasteiger charge is 2.28. The molecule has 1 fully saturated rings. The van der Waals surface area contributed by atoms with E-state index >= 15 is 0 Å². The zero-order valence-electron chi connectivity index (χ0n) is 11.2. The van der Waals surface area contributed by atoms with Crippen LogP contribution in [-0.2, 0) is 11.2 Å². The Bertz CT molecular complexity index is 671. The number of benzene rings is 1. The van der Waals surface area contributed by atoms with Gasteiger partial charge < -0.3 is 14.9 Å². The quantitative estimate of drug-likeness (QED) is 0.880. The average Bonchev–Trinajstić information content (AvgIpc) is 3.18. The molecule has 0 atom stereocenters. The van der Waals surface area contributed by atoms with Crippen molar-refractivity contribution in [1.82, 2.24) is 5.16 Å². The van der Waals surface area contributed by atoms with E-state index in [4.69, 9.17) is 9.63 Å². The van der Waals surface area contributed by atoms with Crippen molar-refractivity contribution in [3.8, 4) is 0 Å². The fourth-order valence-electron chi connectivity index (χ4n) is 2.03. The molecule has 1 heterocycles. The maximum atomic E-state index is 12.0. The molecule has 0 unspecified atom stereocenters. The van der Waals surface area contributed by atoms with Gasteiger partial charge in [-0.1, -0.05) is 17.3 Å². The molecule has 0 radical (unpaired) electrons. The lowest BCUT2D eigenvalue weighted by Gasteiger charge is -2.03. The van der Waals surface area contributed by atoms with Crippen LogP contribution < -0.4 is 5.32 Å². The number of nitrogens with zero attached hydrogens (tertiary/aromatic N) is 1. The van der Waals surface area contributed by atoms with Crippen LogP contribution >= 0.6 is 0 Å². The third-order valence-corrected chi connectivity index (χ3v) is 3.31. The number of aliphatic carboxylic acids is 1. The lowest BCUT2D eigenvalue weighted by molar-refractivity contribution is -0.136. The van der Waals surface area contributed by atoms with Crippen LogP contribution in [0.15, 0.2) is 34.9 Å². The number of anilines is 1. The maximum absolute atomic E-state index is 12.0. The summed E-state index contributed by atoms with van der Waals surface area (Å²) >= 11 is 0. The van der Waals surface area contributed by atoms with Crippen molar-refractivity contribution >= 4 is 17.6 Å². The number of carbonyl (C=O) groups is 2. The van der Waals surface area contributed by atoms with Gasteiger partial charge in [0, 0.05) is 17.7 Å². The summed E-state index contributed by atoms with van der Waals surface area (Å²) in [6.07, 6.45) is 2.13. The molecule has 6 nitrogen and oxygen atoms in total. The Morgan fingerprint density at radius 1 is 1.29 bits per heavy atom. The van der Waals surface area contributed by atoms with Gasteiger partial charge in [-0.15, -0.1) is 0 Å². The maximum Gasteiger partial charge on any atom is 0.307 e. The number of amides is 1. The van der Waals surface area contributed by atoms with Crippen molar-refractivity contribution in [2.45, 2.75) is 25.2 Å². The van der Waals surface area contributed by atoms with Crippen LogP contribution in [0.3, 0.4) is 0 Å². The number of rotatable bonds is 5. The van der Waals surface area contributed by atoms with E-state index in [-0.39, 0.29) is 18.0 Å². The number of carbonyl (C=O) groups excluding carboxylic acids is 1. The molecular weight excluding hydrogens is 272 g/mol. The Balaban J connectivity index is 1.64. The highest BCUT2D eigenvalue weighted by Crippen LogP contribution is 2.40. The number of hydrogen-bond acceptors (Lipinski definition) is 4. The highest BCUT2D eigenvalue weighted by molar-refractivity contribution is 6.02. The molecule has 6 heteroatoms. The Labute approximate surface area is 120 Å². The number of carboxylic acid groups (broad SMARTS) is 1. The molecule has 1 aromatic carbocycles. The molecule has 0 saturated heterocycles. The monoisotopic (exact) mass is 286 g/mol. The second kappa shape index (κ2) is 5.40. The summed E-state index contributed by atoms with van der Waals surface area (Å²) in [5, 5.41) is 15.2. The predicted octanol–water partition coefficient (Wildman–Crippen LogP) is 2.43. The Morgan fingerprint density at radius 3 is 2.62 bits per heavy atom. The van der Waals surface area contributed by atoms with E-state index in [9.17, 15) is 9.59 Å². The van der Waals surface area contributed by atoms with E-state index in [1.807, 2.05) is 0 Å². The van der Waals surface area contributed by atoms with E-state index in [1.54, 1.807) is 30.3 Å². The van der Waals surface area contributed by atoms with Gasteiger partial charge in [0.25, 0.3) is 5.91 Å². The molecule has 21 heavy (non-hydrogen) atoms. The predicted molar refractivity (Wildman–Crippen MR) is 74.2 cm³/mol. The lowest BCUT2D eigenvalue weighted by atomic mass is 10.1. The molecule has 0 aliphatic heterocycles. The lowest BCUT2D eigenvalue weighted by Crippen LogP contribution is -2.12. The number of hydrogen-bond donors (Lipinski definition) is 2. The molecule has 1 amide bonds. The molecule has 1 saturated carbocycles. The minimum absolute atomic E-state index is 0.0394. The molecule has 108 valence electrons. The van der Waals surface area contributed by atoms with Crippen molar-refractivity contribution in [3.63, 3.8) is 0 Å². The minimum Gasteiger partial charge on any atom is -0.481 e. The first-order valence-electron chi connectivity index (χ1n) is 6.70. The standard InChI is InChI=1S/C15H14N2O4/c18-14(19)7-9-1-5-11(6-2-9)16-15(20)12-8-13(21-17-12)10-3-4-10/h1-2,5-6,8,10H,3-4,7H2,(H,16,20)(H,18,19). The highest BCUT2D eigenvalue weighted by atomic mass is 16.5. The Hall–Kier alpha value is -2.63. The molecule has 1 aliphatic rings. The van der Waals surface area contributed by atoms with Gasteiger partial charge in [-0.3, -0.25) is 9.59 Å². The molecule has 1 aliphatic carbocycles. The average molecular weight is 286 g/mol. The second-order valence-corrected chi connectivity index (χ2v) is 5.11. The zero-order chi connectivity index (χ0) is 14.8. The van der Waals surface area contributed by atoms with Crippen LogP contribution in [-0.4, -0.2) is 22.1 Å². The van der Waals surface area contributed by atoms with Gasteiger partial charge in [0.1, 0.15) is 5.76 Å². The summed E-state index contributed by atoms with van der Waals surface area (Å²) in [7, 11) is 0. The fraction of sp³-hybridized carbons (Fsp3) is 0.267. The minimum atomic E-state index is -0.887. The van der Waals surface area contributed by atoms with Crippen molar-refractivity contribution in [2.75, 3.05) is 5.32 Å². The Kier molecular flexibility index (Phi) is 3.43. The van der Waals surface area contributed by atoms with Crippen LogP contribution in [0.4, 0.5) is 5.69 Å². The van der Waals surface area contributed by atoms with Crippen LogP contribution in [0.1, 0.15) is 40.6 Å². The zero-order valence-corrected chi connectivity index (χ0v) is 11.2. The topological polar surface area (TPSA) is 92.4 Å². The van der Waals surface area contributed by atoms with E-state index in [1.165, 1.54) is 0 Å². The van der Waals surface area contributed by atoms with Crippen molar-refractivity contribution in [2.24, 2.45) is 0 Å². The van der Waals surface area contributed by atoms with Gasteiger partial charge in [0.05, 0.1) is 6.42 Å². The Morgan fingerprint density at radius 2 is 2.00 bits per heavy atom. The molecule has 0 spiro atoms. The van der Waals surface area contributed by atoms with Crippen LogP contribution in [0, 0.1) is 0 Å². The smallest absolute Gasteiger partial charge is 0.307 e. The molecule has 0 bridgehead atoms. The van der Waals surface area contributed by atoms with Gasteiger partial charge in [-0.2, -0.15) is 0 Å². The van der Waals surface area contributed by atoms with Crippen molar-refractivity contribution in [1.29, 1.82) is 0 Å². The molecule has 3 rings (SSSR count). The first kappa shape index (κ1) is 13.4. The van der Waals surface area contributed by atoms with E-state index in [0.717, 1.165) is 18.6 Å². The molecule has 1 aromatic heterocycles. The van der Waals surface area contributed by atoms with Gasteiger partial charge in [-0.25, -0.2) is 0 Å². The van der Waals surface area contributed by atoms with Gasteiger partial charge in [-0.05, 0) is 30.5 Å². The second-order valence-electron chi connectivity index (χ2n) is 5.11. The van der Waals surface area contributed by atoms with Crippen LogP contribution in [0.2, 0.25) is 0 Å². The third-order valence-electron chi connectivity index (χ3n) is 3.31.